The van der Waals surface area contributed by atoms with Crippen molar-refractivity contribution < 1.29 is 23.4 Å². The van der Waals surface area contributed by atoms with Crippen LogP contribution in [0.2, 0.25) is 0 Å². The normalized spacial score (nSPS) is 10.9. The highest BCUT2D eigenvalue weighted by atomic mass is 35.6. The average Bonchev–Trinajstić information content (AvgIpc) is 2.81. The number of ether oxygens (including phenoxy) is 3. The topological polar surface area (TPSA) is 81.2 Å². The number of carbonyl (C=O) groups is 1. The lowest BCUT2D eigenvalue weighted by Gasteiger charge is -2.16. The molecule has 2 aromatic carbocycles. The first-order valence-corrected chi connectivity index (χ1v) is 12.2. The number of rotatable bonds is 10. The summed E-state index contributed by atoms with van der Waals surface area (Å²) in [6.45, 7) is 10.0. The highest BCUT2D eigenvalue weighted by Gasteiger charge is 2.22. The van der Waals surface area contributed by atoms with Crippen LogP contribution >= 0.6 is 34.8 Å². The standard InChI is InChI=1S/C22H23Cl3FN3O4.C3H8/c1-4-27-17-9-10-18(32-12-11-31-3)20(26)19(17)14(2)28-15-5-7-16(8-6-15)29-21(30)33-13-22(23,24)25;1-3-2/h4-10,28H,2,11-13H2,1,3H3,(H,29,30);3H2,1-2H3. The van der Waals surface area contributed by atoms with Crippen molar-refractivity contribution in [1.82, 2.24) is 0 Å². The van der Waals surface area contributed by atoms with Crippen molar-refractivity contribution in [2.45, 2.75) is 31.0 Å². The van der Waals surface area contributed by atoms with Crippen LogP contribution in [0, 0.1) is 5.82 Å². The third-order valence-corrected chi connectivity index (χ3v) is 4.32. The molecule has 0 aliphatic heterocycles. The van der Waals surface area contributed by atoms with Gasteiger partial charge in [-0.2, -0.15) is 0 Å². The predicted molar refractivity (Wildman–Crippen MR) is 148 cm³/mol. The molecule has 0 fully saturated rings. The lowest BCUT2D eigenvalue weighted by molar-refractivity contribution is 0.144. The second-order valence-corrected chi connectivity index (χ2v) is 9.72. The van der Waals surface area contributed by atoms with Gasteiger partial charge in [0, 0.05) is 30.4 Å². The molecule has 2 rings (SSSR count). The molecule has 0 atom stereocenters. The molecular formula is C25H31Cl3FN3O4. The Morgan fingerprint density at radius 3 is 2.19 bits per heavy atom. The number of nitrogens with one attached hydrogen (secondary N) is 2. The SMILES string of the molecule is C=C(Nc1ccc(NC(=O)OCC(Cl)(Cl)Cl)cc1)c1c(N=CC)ccc(OCCOC)c1F.CCC. The summed E-state index contributed by atoms with van der Waals surface area (Å²) in [7, 11) is 1.53. The molecule has 0 unspecified atom stereocenters. The van der Waals surface area contributed by atoms with Crippen molar-refractivity contribution in [3.05, 3.63) is 54.4 Å². The number of hydrogen-bond donors (Lipinski definition) is 2. The lowest BCUT2D eigenvalue weighted by Crippen LogP contribution is -2.21. The molecule has 0 radical (unpaired) electrons. The number of benzene rings is 2. The largest absolute Gasteiger partial charge is 0.488 e. The molecule has 0 aliphatic rings. The zero-order valence-electron chi connectivity index (χ0n) is 20.7. The van der Waals surface area contributed by atoms with E-state index in [9.17, 15) is 4.79 Å². The smallest absolute Gasteiger partial charge is 0.411 e. The van der Waals surface area contributed by atoms with E-state index < -0.39 is 22.3 Å². The van der Waals surface area contributed by atoms with Crippen LogP contribution in [-0.2, 0) is 9.47 Å². The van der Waals surface area contributed by atoms with E-state index in [2.05, 4.69) is 36.1 Å². The van der Waals surface area contributed by atoms with Crippen LogP contribution in [0.15, 0.2) is 48.0 Å². The van der Waals surface area contributed by atoms with Gasteiger partial charge >= 0.3 is 6.09 Å². The number of methoxy groups -OCH3 is 1. The summed E-state index contributed by atoms with van der Waals surface area (Å²) in [4.78, 5) is 16.0. The Kier molecular flexibility index (Phi) is 14.2. The summed E-state index contributed by atoms with van der Waals surface area (Å²) in [5, 5.41) is 5.53. The molecule has 2 N–H and O–H groups in total. The second-order valence-electron chi connectivity index (χ2n) is 7.20. The van der Waals surface area contributed by atoms with Crippen LogP contribution in [0.5, 0.6) is 5.75 Å². The fraction of sp³-hybridized carbons (Fsp3) is 0.360. The van der Waals surface area contributed by atoms with Crippen molar-refractivity contribution in [3.8, 4) is 5.75 Å². The van der Waals surface area contributed by atoms with Crippen molar-refractivity contribution in [2.24, 2.45) is 4.99 Å². The van der Waals surface area contributed by atoms with Gasteiger partial charge in [0.1, 0.15) is 13.2 Å². The minimum atomic E-state index is -1.70. The van der Waals surface area contributed by atoms with E-state index >= 15 is 4.39 Å². The summed E-state index contributed by atoms with van der Waals surface area (Å²) < 4.78 is 28.7. The van der Waals surface area contributed by atoms with Crippen molar-refractivity contribution >= 4 is 69.9 Å². The lowest BCUT2D eigenvalue weighted by atomic mass is 10.1. The number of carbonyl (C=O) groups excluding carboxylic acids is 1. The van der Waals surface area contributed by atoms with Gasteiger partial charge in [0.2, 0.25) is 3.79 Å². The van der Waals surface area contributed by atoms with Crippen molar-refractivity contribution in [3.63, 3.8) is 0 Å². The van der Waals surface area contributed by atoms with E-state index in [0.29, 0.717) is 23.7 Å². The minimum absolute atomic E-state index is 0.0629. The van der Waals surface area contributed by atoms with Crippen LogP contribution in [0.4, 0.5) is 26.2 Å². The van der Waals surface area contributed by atoms with Gasteiger partial charge in [-0.25, -0.2) is 9.18 Å². The summed E-state index contributed by atoms with van der Waals surface area (Å²) in [5.41, 5.74) is 1.86. The van der Waals surface area contributed by atoms with E-state index in [-0.39, 0.29) is 23.6 Å². The first-order chi connectivity index (χ1) is 17.1. The first-order valence-electron chi connectivity index (χ1n) is 11.1. The average molecular weight is 563 g/mol. The Bertz CT molecular complexity index is 1010. The summed E-state index contributed by atoms with van der Waals surface area (Å²) in [5.74, 6) is -0.533. The molecule has 7 nitrogen and oxygen atoms in total. The zero-order valence-corrected chi connectivity index (χ0v) is 22.9. The number of anilines is 2. The summed E-state index contributed by atoms with van der Waals surface area (Å²) in [6.07, 6.45) is 2.03. The molecule has 0 saturated heterocycles. The second kappa shape index (κ2) is 16.3. The first kappa shape index (κ1) is 31.5. The van der Waals surface area contributed by atoms with Crippen LogP contribution in [0.1, 0.15) is 32.8 Å². The predicted octanol–water partition coefficient (Wildman–Crippen LogP) is 7.99. The van der Waals surface area contributed by atoms with E-state index in [1.54, 1.807) is 43.5 Å². The van der Waals surface area contributed by atoms with Crippen LogP contribution < -0.4 is 15.4 Å². The molecule has 0 saturated carbocycles. The number of halogens is 4. The quantitative estimate of drug-likeness (QED) is 0.174. The molecule has 1 amide bonds. The highest BCUT2D eigenvalue weighted by molar-refractivity contribution is 6.67. The molecular weight excluding hydrogens is 532 g/mol. The summed E-state index contributed by atoms with van der Waals surface area (Å²) in [6, 6.07) is 9.69. The summed E-state index contributed by atoms with van der Waals surface area (Å²) >= 11 is 16.6. The molecule has 198 valence electrons. The Hall–Kier alpha value is -2.52. The van der Waals surface area contributed by atoms with Crippen LogP contribution in [-0.4, -0.2) is 43.0 Å². The van der Waals surface area contributed by atoms with Gasteiger partial charge in [0.05, 0.1) is 17.9 Å². The van der Waals surface area contributed by atoms with E-state index in [0.717, 1.165) is 0 Å². The van der Waals surface area contributed by atoms with Gasteiger partial charge < -0.3 is 19.5 Å². The molecule has 36 heavy (non-hydrogen) atoms. The molecule has 0 bridgehead atoms. The molecule has 11 heteroatoms. The van der Waals surface area contributed by atoms with Crippen molar-refractivity contribution in [1.29, 1.82) is 0 Å². The Morgan fingerprint density at radius 1 is 1.08 bits per heavy atom. The fourth-order valence-electron chi connectivity index (χ4n) is 2.60. The molecule has 0 heterocycles. The Balaban J connectivity index is 0.00000205. The number of nitrogens with zero attached hydrogens (tertiary/aromatic N) is 1. The fourth-order valence-corrected chi connectivity index (χ4v) is 2.77. The number of amides is 1. The van der Waals surface area contributed by atoms with E-state index in [1.807, 2.05) is 0 Å². The zero-order chi connectivity index (χ0) is 27.1. The maximum absolute atomic E-state index is 15.2. The monoisotopic (exact) mass is 561 g/mol. The van der Waals surface area contributed by atoms with Gasteiger partial charge in [0.25, 0.3) is 0 Å². The minimum Gasteiger partial charge on any atom is -0.488 e. The van der Waals surface area contributed by atoms with E-state index in [4.69, 9.17) is 49.0 Å². The molecule has 0 aromatic heterocycles. The highest BCUT2D eigenvalue weighted by Crippen LogP contribution is 2.34. The van der Waals surface area contributed by atoms with Gasteiger partial charge in [-0.3, -0.25) is 10.3 Å². The number of aliphatic imine (C=N–C) groups is 1. The van der Waals surface area contributed by atoms with Crippen LogP contribution in [0.3, 0.4) is 0 Å². The Labute approximate surface area is 226 Å². The van der Waals surface area contributed by atoms with Gasteiger partial charge in [-0.15, -0.1) is 0 Å². The molecule has 2 aromatic rings. The molecule has 0 spiro atoms. The molecule has 0 aliphatic carbocycles. The van der Waals surface area contributed by atoms with Gasteiger partial charge in [-0.05, 0) is 43.3 Å². The number of hydrogen-bond acceptors (Lipinski definition) is 6. The van der Waals surface area contributed by atoms with E-state index in [1.165, 1.54) is 19.6 Å². The van der Waals surface area contributed by atoms with Crippen molar-refractivity contribution in [2.75, 3.05) is 37.6 Å². The third-order valence-electron chi connectivity index (χ3n) is 3.99. The van der Waals surface area contributed by atoms with Gasteiger partial charge in [0.15, 0.2) is 11.6 Å². The van der Waals surface area contributed by atoms with Crippen LogP contribution in [0.25, 0.3) is 5.70 Å². The Morgan fingerprint density at radius 2 is 1.67 bits per heavy atom. The third kappa shape index (κ3) is 11.5. The number of alkyl halides is 3. The maximum Gasteiger partial charge on any atom is 0.411 e. The van der Waals surface area contributed by atoms with Gasteiger partial charge in [-0.1, -0.05) is 61.7 Å². The maximum atomic E-state index is 15.2.